The summed E-state index contributed by atoms with van der Waals surface area (Å²) in [5.41, 5.74) is 2.37. The van der Waals surface area contributed by atoms with Crippen molar-refractivity contribution in [3.63, 3.8) is 0 Å². The number of hydrogen-bond acceptors (Lipinski definition) is 3. The van der Waals surface area contributed by atoms with Gasteiger partial charge in [-0.15, -0.1) is 0 Å². The highest BCUT2D eigenvalue weighted by molar-refractivity contribution is 9.10. The van der Waals surface area contributed by atoms with E-state index in [0.29, 0.717) is 32.4 Å². The van der Waals surface area contributed by atoms with Crippen molar-refractivity contribution in [3.05, 3.63) is 70.2 Å². The Hall–Kier alpha value is -1.69. The first-order valence-electron chi connectivity index (χ1n) is 9.08. The molecular formula is C21H25BrN2O2. The van der Waals surface area contributed by atoms with Crippen LogP contribution in [0.5, 0.6) is 0 Å². The molecule has 4 nitrogen and oxygen atoms in total. The van der Waals surface area contributed by atoms with E-state index < -0.39 is 0 Å². The lowest BCUT2D eigenvalue weighted by molar-refractivity contribution is -0.121. The highest BCUT2D eigenvalue weighted by Gasteiger charge is 2.30. The third kappa shape index (κ3) is 5.40. The molecule has 2 atom stereocenters. The predicted molar refractivity (Wildman–Crippen MR) is 107 cm³/mol. The summed E-state index contributed by atoms with van der Waals surface area (Å²) in [6.45, 7) is 2.04. The number of carbonyl (C=O) groups excluding carboxylic acids is 1. The maximum atomic E-state index is 12.2. The second-order valence-corrected chi connectivity index (χ2v) is 7.71. The van der Waals surface area contributed by atoms with Gasteiger partial charge in [0.15, 0.2) is 0 Å². The molecule has 2 aromatic rings. The average molecular weight is 417 g/mol. The standard InChI is InChI=1S/C21H25BrN2O2/c22-20-9-5-4-8-17(20)10-11-21(26)23-13-18-12-19(25)15-24(18)14-16-6-2-1-3-7-16/h1-9,18-19,25H,10-15H2,(H,23,26)/t18-,19-/m1/s1. The van der Waals surface area contributed by atoms with Crippen molar-refractivity contribution in [2.45, 2.75) is 38.0 Å². The van der Waals surface area contributed by atoms with Gasteiger partial charge in [0, 0.05) is 36.6 Å². The third-order valence-electron chi connectivity index (χ3n) is 4.85. The van der Waals surface area contributed by atoms with E-state index in [0.717, 1.165) is 16.6 Å². The molecular weight excluding hydrogens is 392 g/mol. The van der Waals surface area contributed by atoms with Crippen molar-refractivity contribution in [2.24, 2.45) is 0 Å². The molecule has 2 N–H and O–H groups in total. The minimum Gasteiger partial charge on any atom is -0.392 e. The highest BCUT2D eigenvalue weighted by atomic mass is 79.9. The van der Waals surface area contributed by atoms with Gasteiger partial charge < -0.3 is 10.4 Å². The van der Waals surface area contributed by atoms with Gasteiger partial charge in [0.25, 0.3) is 0 Å². The smallest absolute Gasteiger partial charge is 0.220 e. The minimum atomic E-state index is -0.319. The zero-order chi connectivity index (χ0) is 18.4. The molecule has 0 unspecified atom stereocenters. The number of aryl methyl sites for hydroxylation is 1. The fourth-order valence-corrected chi connectivity index (χ4v) is 3.93. The Morgan fingerprint density at radius 2 is 1.88 bits per heavy atom. The van der Waals surface area contributed by atoms with Crippen LogP contribution < -0.4 is 5.32 Å². The summed E-state index contributed by atoms with van der Waals surface area (Å²) in [4.78, 5) is 14.5. The van der Waals surface area contributed by atoms with Gasteiger partial charge in [0.1, 0.15) is 0 Å². The van der Waals surface area contributed by atoms with Crippen LogP contribution in [-0.4, -0.2) is 41.1 Å². The topological polar surface area (TPSA) is 52.6 Å². The zero-order valence-corrected chi connectivity index (χ0v) is 16.4. The Morgan fingerprint density at radius 3 is 2.65 bits per heavy atom. The molecule has 0 saturated carbocycles. The van der Waals surface area contributed by atoms with Crippen LogP contribution >= 0.6 is 15.9 Å². The second-order valence-electron chi connectivity index (χ2n) is 6.85. The average Bonchev–Trinajstić information content (AvgIpc) is 2.99. The van der Waals surface area contributed by atoms with E-state index in [2.05, 4.69) is 38.3 Å². The maximum absolute atomic E-state index is 12.2. The first-order valence-corrected chi connectivity index (χ1v) is 9.87. The zero-order valence-electron chi connectivity index (χ0n) is 14.8. The Labute approximate surface area is 163 Å². The largest absolute Gasteiger partial charge is 0.392 e. The van der Waals surface area contributed by atoms with Crippen molar-refractivity contribution in [1.82, 2.24) is 10.2 Å². The Morgan fingerprint density at radius 1 is 1.15 bits per heavy atom. The van der Waals surface area contributed by atoms with Gasteiger partial charge in [-0.05, 0) is 30.0 Å². The van der Waals surface area contributed by atoms with E-state index in [4.69, 9.17) is 0 Å². The number of nitrogens with one attached hydrogen (secondary N) is 1. The molecule has 0 bridgehead atoms. The van der Waals surface area contributed by atoms with E-state index in [9.17, 15) is 9.90 Å². The number of aliphatic hydroxyl groups excluding tert-OH is 1. The van der Waals surface area contributed by atoms with Crippen LogP contribution in [0.15, 0.2) is 59.1 Å². The van der Waals surface area contributed by atoms with E-state index in [1.54, 1.807) is 0 Å². The summed E-state index contributed by atoms with van der Waals surface area (Å²) in [6.07, 6.45) is 1.57. The van der Waals surface area contributed by atoms with Crippen LogP contribution in [0.2, 0.25) is 0 Å². The summed E-state index contributed by atoms with van der Waals surface area (Å²) in [7, 11) is 0. The number of β-amino-alcohol motifs (C(OH)–C–C–N with tert-alkyl or cyclic N) is 1. The van der Waals surface area contributed by atoms with Crippen molar-refractivity contribution >= 4 is 21.8 Å². The van der Waals surface area contributed by atoms with Gasteiger partial charge in [-0.2, -0.15) is 0 Å². The molecule has 3 rings (SSSR count). The molecule has 1 saturated heterocycles. The first-order chi connectivity index (χ1) is 12.6. The van der Waals surface area contributed by atoms with Crippen molar-refractivity contribution in [3.8, 4) is 0 Å². The number of nitrogens with zero attached hydrogens (tertiary/aromatic N) is 1. The number of carbonyl (C=O) groups is 1. The van der Waals surface area contributed by atoms with E-state index in [1.807, 2.05) is 42.5 Å². The monoisotopic (exact) mass is 416 g/mol. The van der Waals surface area contributed by atoms with Crippen molar-refractivity contribution < 1.29 is 9.90 Å². The van der Waals surface area contributed by atoms with Crippen LogP contribution in [0.25, 0.3) is 0 Å². The van der Waals surface area contributed by atoms with Gasteiger partial charge in [0.2, 0.25) is 5.91 Å². The number of benzene rings is 2. The van der Waals surface area contributed by atoms with Crippen molar-refractivity contribution in [2.75, 3.05) is 13.1 Å². The van der Waals surface area contributed by atoms with E-state index >= 15 is 0 Å². The molecule has 0 aliphatic carbocycles. The number of aliphatic hydroxyl groups is 1. The second kappa shape index (κ2) is 9.31. The van der Waals surface area contributed by atoms with Gasteiger partial charge in [-0.1, -0.05) is 64.5 Å². The quantitative estimate of drug-likeness (QED) is 0.728. The van der Waals surface area contributed by atoms with Crippen LogP contribution in [0.4, 0.5) is 0 Å². The number of rotatable bonds is 7. The SMILES string of the molecule is O=C(CCc1ccccc1Br)NC[C@H]1C[C@@H](O)CN1Cc1ccccc1. The van der Waals surface area contributed by atoms with Crippen molar-refractivity contribution in [1.29, 1.82) is 0 Å². The Balaban J connectivity index is 1.47. The number of halogens is 1. The van der Waals surface area contributed by atoms with Gasteiger partial charge in [-0.3, -0.25) is 9.69 Å². The van der Waals surface area contributed by atoms with E-state index in [-0.39, 0.29) is 18.1 Å². The van der Waals surface area contributed by atoms with E-state index in [1.165, 1.54) is 5.56 Å². The Bertz CT molecular complexity index is 723. The summed E-state index contributed by atoms with van der Waals surface area (Å²) in [6, 6.07) is 18.4. The number of likely N-dealkylation sites (tertiary alicyclic amines) is 1. The fourth-order valence-electron chi connectivity index (χ4n) is 3.45. The molecule has 26 heavy (non-hydrogen) atoms. The van der Waals surface area contributed by atoms with Crippen LogP contribution in [0.1, 0.15) is 24.0 Å². The summed E-state index contributed by atoms with van der Waals surface area (Å²) < 4.78 is 1.04. The van der Waals surface area contributed by atoms with Crippen LogP contribution in [0.3, 0.4) is 0 Å². The molecule has 138 valence electrons. The molecule has 1 amide bonds. The van der Waals surface area contributed by atoms with Gasteiger partial charge in [-0.25, -0.2) is 0 Å². The van der Waals surface area contributed by atoms with Gasteiger partial charge in [0.05, 0.1) is 6.10 Å². The first kappa shape index (κ1) is 19.1. The molecule has 0 spiro atoms. The number of hydrogen-bond donors (Lipinski definition) is 2. The minimum absolute atomic E-state index is 0.0572. The molecule has 1 fully saturated rings. The molecule has 1 heterocycles. The lowest BCUT2D eigenvalue weighted by Crippen LogP contribution is -2.39. The number of amides is 1. The van der Waals surface area contributed by atoms with Gasteiger partial charge >= 0.3 is 0 Å². The highest BCUT2D eigenvalue weighted by Crippen LogP contribution is 2.20. The lowest BCUT2D eigenvalue weighted by atomic mass is 10.1. The predicted octanol–water partition coefficient (Wildman–Crippen LogP) is 3.13. The summed E-state index contributed by atoms with van der Waals surface area (Å²) in [5, 5.41) is 13.1. The lowest BCUT2D eigenvalue weighted by Gasteiger charge is -2.24. The molecule has 2 aromatic carbocycles. The molecule has 5 heteroatoms. The maximum Gasteiger partial charge on any atom is 0.220 e. The molecule has 0 aromatic heterocycles. The Kier molecular flexibility index (Phi) is 6.83. The van der Waals surface area contributed by atoms with Crippen LogP contribution in [0, 0.1) is 0 Å². The summed E-state index contributed by atoms with van der Waals surface area (Å²) >= 11 is 3.52. The normalized spacial score (nSPS) is 20.2. The molecule has 1 aliphatic rings. The molecule has 0 radical (unpaired) electrons. The fraction of sp³-hybridized carbons (Fsp3) is 0.381. The molecule has 1 aliphatic heterocycles. The third-order valence-corrected chi connectivity index (χ3v) is 5.62. The summed E-state index contributed by atoms with van der Waals surface area (Å²) in [5.74, 6) is 0.0572. The van der Waals surface area contributed by atoms with Crippen LogP contribution in [-0.2, 0) is 17.8 Å².